The fourth-order valence-electron chi connectivity index (χ4n) is 3.00. The maximum atomic E-state index is 12.0. The second-order valence-corrected chi connectivity index (χ2v) is 7.11. The first-order valence-corrected chi connectivity index (χ1v) is 10.0. The predicted octanol–water partition coefficient (Wildman–Crippen LogP) is 2.61. The number of nitrogens with zero attached hydrogens (tertiary/aromatic N) is 2. The quantitative estimate of drug-likeness (QED) is 0.434. The summed E-state index contributed by atoms with van der Waals surface area (Å²) in [6.07, 6.45) is 0. The molecule has 1 aromatic rings. The number of amides is 1. The van der Waals surface area contributed by atoms with Crippen molar-refractivity contribution >= 4 is 11.9 Å². The summed E-state index contributed by atoms with van der Waals surface area (Å²) in [5, 5.41) is 9.52. The number of hydrogen-bond donors (Lipinski definition) is 3. The molecule has 0 aliphatic rings. The van der Waals surface area contributed by atoms with Gasteiger partial charge in [-0.15, -0.1) is 0 Å². The van der Waals surface area contributed by atoms with Crippen LogP contribution in [0.25, 0.3) is 0 Å². The van der Waals surface area contributed by atoms with Crippen molar-refractivity contribution in [2.75, 3.05) is 26.2 Å². The Morgan fingerprint density at radius 1 is 1.04 bits per heavy atom. The number of carbonyl (C=O) groups excluding carboxylic acids is 1. The normalized spacial score (nSPS) is 12.0. The van der Waals surface area contributed by atoms with Crippen LogP contribution in [0.5, 0.6) is 0 Å². The van der Waals surface area contributed by atoms with E-state index in [1.807, 2.05) is 31.2 Å². The van der Waals surface area contributed by atoms with Crippen molar-refractivity contribution in [2.24, 2.45) is 4.99 Å². The van der Waals surface area contributed by atoms with E-state index in [1.165, 1.54) is 0 Å². The van der Waals surface area contributed by atoms with Crippen LogP contribution in [0.15, 0.2) is 29.3 Å². The molecule has 1 amide bonds. The Morgan fingerprint density at radius 3 is 2.30 bits per heavy atom. The van der Waals surface area contributed by atoms with Gasteiger partial charge in [-0.1, -0.05) is 12.1 Å². The lowest BCUT2D eigenvalue weighted by Gasteiger charge is -2.30. The zero-order chi connectivity index (χ0) is 20.2. The average molecular weight is 376 g/mol. The van der Waals surface area contributed by atoms with E-state index in [-0.39, 0.29) is 5.91 Å². The van der Waals surface area contributed by atoms with Gasteiger partial charge in [-0.05, 0) is 59.2 Å². The SMILES string of the molecule is CCNC(=O)c1cccc(CN=C(NCC)NCCN(C(C)C)C(C)C)c1. The highest BCUT2D eigenvalue weighted by molar-refractivity contribution is 5.94. The molecular formula is C21H37N5O. The smallest absolute Gasteiger partial charge is 0.251 e. The molecule has 0 aromatic heterocycles. The largest absolute Gasteiger partial charge is 0.357 e. The van der Waals surface area contributed by atoms with Gasteiger partial charge < -0.3 is 16.0 Å². The molecule has 6 nitrogen and oxygen atoms in total. The third-order valence-electron chi connectivity index (χ3n) is 4.28. The van der Waals surface area contributed by atoms with Crippen LogP contribution in [0.2, 0.25) is 0 Å². The lowest BCUT2D eigenvalue weighted by atomic mass is 10.1. The molecule has 0 unspecified atom stereocenters. The number of carbonyl (C=O) groups is 1. The lowest BCUT2D eigenvalue weighted by molar-refractivity contribution is 0.0955. The van der Waals surface area contributed by atoms with Gasteiger partial charge in [-0.3, -0.25) is 9.69 Å². The van der Waals surface area contributed by atoms with Crippen LogP contribution < -0.4 is 16.0 Å². The maximum absolute atomic E-state index is 12.0. The monoisotopic (exact) mass is 375 g/mol. The van der Waals surface area contributed by atoms with Crippen molar-refractivity contribution < 1.29 is 4.79 Å². The van der Waals surface area contributed by atoms with E-state index in [1.54, 1.807) is 0 Å². The molecule has 0 spiro atoms. The van der Waals surface area contributed by atoms with E-state index >= 15 is 0 Å². The van der Waals surface area contributed by atoms with Gasteiger partial charge in [0.1, 0.15) is 0 Å². The van der Waals surface area contributed by atoms with Gasteiger partial charge in [0.05, 0.1) is 6.54 Å². The molecule has 0 aliphatic heterocycles. The summed E-state index contributed by atoms with van der Waals surface area (Å²) in [5.41, 5.74) is 1.69. The van der Waals surface area contributed by atoms with Crippen molar-refractivity contribution in [3.63, 3.8) is 0 Å². The molecule has 0 heterocycles. The lowest BCUT2D eigenvalue weighted by Crippen LogP contribution is -2.45. The Bertz CT molecular complexity index is 590. The highest BCUT2D eigenvalue weighted by Crippen LogP contribution is 2.07. The fraction of sp³-hybridized carbons (Fsp3) is 0.619. The Kier molecular flexibility index (Phi) is 10.5. The Labute approximate surface area is 164 Å². The van der Waals surface area contributed by atoms with Gasteiger partial charge in [0.2, 0.25) is 0 Å². The zero-order valence-electron chi connectivity index (χ0n) is 17.8. The molecule has 27 heavy (non-hydrogen) atoms. The van der Waals surface area contributed by atoms with Gasteiger partial charge >= 0.3 is 0 Å². The van der Waals surface area contributed by atoms with Crippen molar-refractivity contribution in [1.29, 1.82) is 0 Å². The number of rotatable bonds is 10. The molecular weight excluding hydrogens is 338 g/mol. The molecule has 1 aromatic carbocycles. The number of guanidine groups is 1. The molecule has 0 atom stereocenters. The molecule has 6 heteroatoms. The van der Waals surface area contributed by atoms with E-state index in [4.69, 9.17) is 0 Å². The average Bonchev–Trinajstić information content (AvgIpc) is 2.62. The molecule has 0 fully saturated rings. The third kappa shape index (κ3) is 8.43. The van der Waals surface area contributed by atoms with E-state index in [2.05, 4.69) is 60.5 Å². The summed E-state index contributed by atoms with van der Waals surface area (Å²) in [6, 6.07) is 8.66. The topological polar surface area (TPSA) is 68.8 Å². The van der Waals surface area contributed by atoms with Crippen LogP contribution in [-0.4, -0.2) is 55.0 Å². The van der Waals surface area contributed by atoms with Gasteiger partial charge in [0.25, 0.3) is 5.91 Å². The predicted molar refractivity (Wildman–Crippen MR) is 114 cm³/mol. The van der Waals surface area contributed by atoms with Gasteiger partial charge in [-0.25, -0.2) is 4.99 Å². The van der Waals surface area contributed by atoms with Crippen molar-refractivity contribution in [3.8, 4) is 0 Å². The summed E-state index contributed by atoms with van der Waals surface area (Å²) in [5.74, 6) is 0.754. The van der Waals surface area contributed by atoms with Crippen LogP contribution in [0, 0.1) is 0 Å². The van der Waals surface area contributed by atoms with Crippen LogP contribution in [0.1, 0.15) is 57.5 Å². The number of hydrogen-bond acceptors (Lipinski definition) is 3. The first-order chi connectivity index (χ1) is 12.9. The first kappa shape index (κ1) is 23.0. The summed E-state index contributed by atoms with van der Waals surface area (Å²) in [7, 11) is 0. The van der Waals surface area contributed by atoms with E-state index in [9.17, 15) is 4.79 Å². The molecule has 152 valence electrons. The number of aliphatic imine (C=N–C) groups is 1. The van der Waals surface area contributed by atoms with Gasteiger partial charge in [-0.2, -0.15) is 0 Å². The summed E-state index contributed by atoms with van der Waals surface area (Å²) < 4.78 is 0. The number of nitrogens with one attached hydrogen (secondary N) is 3. The summed E-state index contributed by atoms with van der Waals surface area (Å²) >= 11 is 0. The van der Waals surface area contributed by atoms with Crippen LogP contribution in [-0.2, 0) is 6.54 Å². The Morgan fingerprint density at radius 2 is 1.70 bits per heavy atom. The third-order valence-corrected chi connectivity index (χ3v) is 4.28. The van der Waals surface area contributed by atoms with E-state index in [0.29, 0.717) is 30.7 Å². The minimum atomic E-state index is -0.0455. The highest BCUT2D eigenvalue weighted by atomic mass is 16.1. The highest BCUT2D eigenvalue weighted by Gasteiger charge is 2.12. The van der Waals surface area contributed by atoms with E-state index < -0.39 is 0 Å². The minimum Gasteiger partial charge on any atom is -0.357 e. The minimum absolute atomic E-state index is 0.0455. The van der Waals surface area contributed by atoms with Crippen molar-refractivity contribution in [1.82, 2.24) is 20.9 Å². The summed E-state index contributed by atoms with van der Waals surface area (Å²) in [4.78, 5) is 19.1. The molecule has 0 saturated carbocycles. The Balaban J connectivity index is 2.68. The molecule has 0 bridgehead atoms. The zero-order valence-corrected chi connectivity index (χ0v) is 17.8. The van der Waals surface area contributed by atoms with E-state index in [0.717, 1.165) is 31.2 Å². The fourth-order valence-corrected chi connectivity index (χ4v) is 3.00. The Hall–Kier alpha value is -2.08. The molecule has 0 aliphatic carbocycles. The molecule has 0 radical (unpaired) electrons. The number of benzene rings is 1. The van der Waals surface area contributed by atoms with Crippen LogP contribution >= 0.6 is 0 Å². The standard InChI is InChI=1S/C21H37N5O/c1-7-22-20(27)19-11-9-10-18(14-19)15-25-21(23-8-2)24-12-13-26(16(3)4)17(5)6/h9-11,14,16-17H,7-8,12-13,15H2,1-6H3,(H,22,27)(H2,23,24,25). The maximum Gasteiger partial charge on any atom is 0.251 e. The molecule has 3 N–H and O–H groups in total. The molecule has 0 saturated heterocycles. The van der Waals surface area contributed by atoms with Crippen LogP contribution in [0.4, 0.5) is 0 Å². The van der Waals surface area contributed by atoms with Crippen LogP contribution in [0.3, 0.4) is 0 Å². The van der Waals surface area contributed by atoms with Gasteiger partial charge in [0.15, 0.2) is 5.96 Å². The van der Waals surface area contributed by atoms with Crippen molar-refractivity contribution in [3.05, 3.63) is 35.4 Å². The van der Waals surface area contributed by atoms with Crippen molar-refractivity contribution in [2.45, 2.75) is 60.2 Å². The first-order valence-electron chi connectivity index (χ1n) is 10.0. The molecule has 1 rings (SSSR count). The second-order valence-electron chi connectivity index (χ2n) is 7.11. The van der Waals surface area contributed by atoms with Gasteiger partial charge in [0, 0.05) is 43.8 Å². The second kappa shape index (κ2) is 12.3. The summed E-state index contributed by atoms with van der Waals surface area (Å²) in [6.45, 7) is 16.6.